The van der Waals surface area contributed by atoms with Gasteiger partial charge in [-0.05, 0) is 42.5 Å². The Labute approximate surface area is 137 Å². The number of aliphatic hydroxyl groups is 1. The molecule has 23 heavy (non-hydrogen) atoms. The summed E-state index contributed by atoms with van der Waals surface area (Å²) in [4.78, 5) is 15.4. The molecule has 1 aromatic carbocycles. The van der Waals surface area contributed by atoms with Gasteiger partial charge in [-0.2, -0.15) is 0 Å². The van der Waals surface area contributed by atoms with Gasteiger partial charge in [0.15, 0.2) is 0 Å². The van der Waals surface area contributed by atoms with Crippen LogP contribution in [-0.4, -0.2) is 29.1 Å². The molecule has 1 aliphatic rings. The molecule has 1 amide bonds. The normalized spacial score (nSPS) is 17.3. The number of rotatable bonds is 6. The van der Waals surface area contributed by atoms with Gasteiger partial charge in [-0.25, -0.2) is 0 Å². The van der Waals surface area contributed by atoms with Gasteiger partial charge < -0.3 is 15.4 Å². The number of hydrogen-bond acceptors (Lipinski definition) is 2. The summed E-state index contributed by atoms with van der Waals surface area (Å²) in [6, 6.07) is 7.63. The van der Waals surface area contributed by atoms with E-state index in [1.807, 2.05) is 30.5 Å². The summed E-state index contributed by atoms with van der Waals surface area (Å²) in [5, 5.41) is 13.6. The van der Waals surface area contributed by atoms with Crippen molar-refractivity contribution in [1.29, 1.82) is 0 Å². The SMILES string of the molecule is O=C(NC[C@H](CO)CC1CCCCC1)c1ccc2[nH]ccc2c1. The van der Waals surface area contributed by atoms with E-state index >= 15 is 0 Å². The highest BCUT2D eigenvalue weighted by atomic mass is 16.3. The maximum Gasteiger partial charge on any atom is 0.251 e. The number of aromatic nitrogens is 1. The standard InChI is InChI=1S/C19H26N2O2/c22-13-15(10-14-4-2-1-3-5-14)12-21-19(23)17-6-7-18-16(11-17)8-9-20-18/h6-9,11,14-15,20,22H,1-5,10,12-13H2,(H,21,23)/t15-/m1/s1. The molecule has 0 spiro atoms. The minimum Gasteiger partial charge on any atom is -0.396 e. The molecule has 3 rings (SSSR count). The molecule has 4 heteroatoms. The van der Waals surface area contributed by atoms with Crippen molar-refractivity contribution < 1.29 is 9.90 Å². The van der Waals surface area contributed by atoms with Crippen LogP contribution in [0.5, 0.6) is 0 Å². The Balaban J connectivity index is 1.53. The molecular weight excluding hydrogens is 288 g/mol. The van der Waals surface area contributed by atoms with E-state index in [1.165, 1.54) is 32.1 Å². The van der Waals surface area contributed by atoms with Crippen molar-refractivity contribution >= 4 is 16.8 Å². The highest BCUT2D eigenvalue weighted by Crippen LogP contribution is 2.28. The highest BCUT2D eigenvalue weighted by Gasteiger charge is 2.19. The predicted molar refractivity (Wildman–Crippen MR) is 92.4 cm³/mol. The van der Waals surface area contributed by atoms with Crippen LogP contribution < -0.4 is 5.32 Å². The second kappa shape index (κ2) is 7.64. The van der Waals surface area contributed by atoms with Crippen molar-refractivity contribution in [1.82, 2.24) is 10.3 Å². The van der Waals surface area contributed by atoms with E-state index in [4.69, 9.17) is 0 Å². The van der Waals surface area contributed by atoms with Gasteiger partial charge in [-0.1, -0.05) is 32.1 Å². The van der Waals surface area contributed by atoms with E-state index in [0.717, 1.165) is 17.3 Å². The zero-order chi connectivity index (χ0) is 16.1. The summed E-state index contributed by atoms with van der Waals surface area (Å²) in [6.07, 6.45) is 9.41. The van der Waals surface area contributed by atoms with Gasteiger partial charge in [0, 0.05) is 35.8 Å². The molecule has 4 nitrogen and oxygen atoms in total. The number of aliphatic hydroxyl groups excluding tert-OH is 1. The lowest BCUT2D eigenvalue weighted by Crippen LogP contribution is -2.32. The second-order valence-corrected chi connectivity index (χ2v) is 6.78. The van der Waals surface area contributed by atoms with Gasteiger partial charge in [0.05, 0.1) is 0 Å². The van der Waals surface area contributed by atoms with Crippen molar-refractivity contribution in [2.75, 3.05) is 13.2 Å². The van der Waals surface area contributed by atoms with Crippen LogP contribution in [0.2, 0.25) is 0 Å². The number of carbonyl (C=O) groups excluding carboxylic acids is 1. The number of amides is 1. The van der Waals surface area contributed by atoms with Crippen molar-refractivity contribution in [3.63, 3.8) is 0 Å². The molecule has 0 saturated heterocycles. The van der Waals surface area contributed by atoms with Crippen LogP contribution in [0.4, 0.5) is 0 Å². The predicted octanol–water partition coefficient (Wildman–Crippen LogP) is 3.48. The Bertz CT molecular complexity index is 644. The van der Waals surface area contributed by atoms with Crippen LogP contribution in [0.15, 0.2) is 30.5 Å². The first-order chi connectivity index (χ1) is 11.3. The highest BCUT2D eigenvalue weighted by molar-refractivity contribution is 5.98. The van der Waals surface area contributed by atoms with E-state index in [0.29, 0.717) is 18.0 Å². The maximum atomic E-state index is 12.3. The molecule has 1 atom stereocenters. The fourth-order valence-electron chi connectivity index (χ4n) is 3.65. The van der Waals surface area contributed by atoms with Crippen molar-refractivity contribution in [3.05, 3.63) is 36.0 Å². The fourth-order valence-corrected chi connectivity index (χ4v) is 3.65. The summed E-state index contributed by atoms with van der Waals surface area (Å²) in [5.41, 5.74) is 1.71. The quantitative estimate of drug-likeness (QED) is 0.764. The number of aromatic amines is 1. The molecule has 2 aromatic rings. The lowest BCUT2D eigenvalue weighted by Gasteiger charge is -2.25. The number of benzene rings is 1. The van der Waals surface area contributed by atoms with Crippen LogP contribution in [0.3, 0.4) is 0 Å². The summed E-state index contributed by atoms with van der Waals surface area (Å²) in [6.45, 7) is 0.699. The van der Waals surface area contributed by atoms with Crippen LogP contribution in [0, 0.1) is 11.8 Å². The van der Waals surface area contributed by atoms with E-state index in [9.17, 15) is 9.90 Å². The Morgan fingerprint density at radius 1 is 1.26 bits per heavy atom. The first-order valence-electron chi connectivity index (χ1n) is 8.72. The van der Waals surface area contributed by atoms with Gasteiger partial charge in [-0.15, -0.1) is 0 Å². The van der Waals surface area contributed by atoms with Crippen molar-refractivity contribution in [3.8, 4) is 0 Å². The van der Waals surface area contributed by atoms with Gasteiger partial charge >= 0.3 is 0 Å². The zero-order valence-corrected chi connectivity index (χ0v) is 13.6. The van der Waals surface area contributed by atoms with Gasteiger partial charge in [0.1, 0.15) is 0 Å². The summed E-state index contributed by atoms with van der Waals surface area (Å²) in [7, 11) is 0. The molecule has 0 unspecified atom stereocenters. The Kier molecular flexibility index (Phi) is 5.34. The lowest BCUT2D eigenvalue weighted by atomic mass is 9.83. The largest absolute Gasteiger partial charge is 0.396 e. The van der Waals surface area contributed by atoms with E-state index < -0.39 is 0 Å². The number of hydrogen-bond donors (Lipinski definition) is 3. The third-order valence-corrected chi connectivity index (χ3v) is 5.02. The molecule has 0 aliphatic heterocycles. The number of carbonyl (C=O) groups is 1. The number of fused-ring (bicyclic) bond motifs is 1. The maximum absolute atomic E-state index is 12.3. The molecule has 0 radical (unpaired) electrons. The second-order valence-electron chi connectivity index (χ2n) is 6.78. The molecule has 0 bridgehead atoms. The van der Waals surface area contributed by atoms with Gasteiger partial charge in [-0.3, -0.25) is 4.79 Å². The van der Waals surface area contributed by atoms with Gasteiger partial charge in [0.2, 0.25) is 0 Å². The summed E-state index contributed by atoms with van der Waals surface area (Å²) in [5.74, 6) is 0.822. The third-order valence-electron chi connectivity index (χ3n) is 5.02. The first-order valence-corrected chi connectivity index (χ1v) is 8.72. The average molecular weight is 314 g/mol. The van der Waals surface area contributed by atoms with Crippen molar-refractivity contribution in [2.24, 2.45) is 11.8 Å². The topological polar surface area (TPSA) is 65.1 Å². The first kappa shape index (κ1) is 16.1. The molecule has 3 N–H and O–H groups in total. The lowest BCUT2D eigenvalue weighted by molar-refractivity contribution is 0.0933. The summed E-state index contributed by atoms with van der Waals surface area (Å²) >= 11 is 0. The molecule has 1 aliphatic carbocycles. The monoisotopic (exact) mass is 314 g/mol. The summed E-state index contributed by atoms with van der Waals surface area (Å²) < 4.78 is 0. The van der Waals surface area contributed by atoms with E-state index in [1.54, 1.807) is 0 Å². The van der Waals surface area contributed by atoms with Crippen molar-refractivity contribution in [2.45, 2.75) is 38.5 Å². The Morgan fingerprint density at radius 2 is 2.09 bits per heavy atom. The van der Waals surface area contributed by atoms with E-state index in [2.05, 4.69) is 10.3 Å². The zero-order valence-electron chi connectivity index (χ0n) is 13.6. The van der Waals surface area contributed by atoms with Crippen LogP contribution in [0.1, 0.15) is 48.9 Å². The van der Waals surface area contributed by atoms with Crippen LogP contribution >= 0.6 is 0 Å². The minimum absolute atomic E-state index is 0.0600. The molecular formula is C19H26N2O2. The smallest absolute Gasteiger partial charge is 0.251 e. The Hall–Kier alpha value is -1.81. The number of nitrogens with one attached hydrogen (secondary N) is 2. The molecule has 124 valence electrons. The number of H-pyrrole nitrogens is 1. The van der Waals surface area contributed by atoms with E-state index in [-0.39, 0.29) is 18.4 Å². The average Bonchev–Trinajstić information content (AvgIpc) is 3.06. The molecule has 1 aromatic heterocycles. The molecule has 1 saturated carbocycles. The fraction of sp³-hybridized carbons (Fsp3) is 0.526. The molecule has 1 heterocycles. The Morgan fingerprint density at radius 3 is 2.87 bits per heavy atom. The minimum atomic E-state index is -0.0600. The molecule has 1 fully saturated rings. The van der Waals surface area contributed by atoms with Gasteiger partial charge in [0.25, 0.3) is 5.91 Å². The van der Waals surface area contributed by atoms with Crippen LogP contribution in [-0.2, 0) is 0 Å². The third kappa shape index (κ3) is 4.14. The van der Waals surface area contributed by atoms with Crippen LogP contribution in [0.25, 0.3) is 10.9 Å².